The first-order valence-electron chi connectivity index (χ1n) is 5.01. The minimum Gasteiger partial charge on any atom is -0.287 e. The molecule has 4 heteroatoms. The summed E-state index contributed by atoms with van der Waals surface area (Å²) in [6.45, 7) is 1.77. The summed E-state index contributed by atoms with van der Waals surface area (Å²) >= 11 is 5.88. The maximum absolute atomic E-state index is 13.1. The van der Waals surface area contributed by atoms with Crippen LogP contribution in [0.4, 0.5) is 4.39 Å². The van der Waals surface area contributed by atoms with Gasteiger partial charge in [0.15, 0.2) is 0 Å². The van der Waals surface area contributed by atoms with Gasteiger partial charge in [0.25, 0.3) is 0 Å². The van der Waals surface area contributed by atoms with Gasteiger partial charge in [0.1, 0.15) is 11.5 Å². The fourth-order valence-electron chi connectivity index (χ4n) is 1.52. The summed E-state index contributed by atoms with van der Waals surface area (Å²) in [5.74, 6) is -0.862. The average molecular weight is 250 g/mol. The van der Waals surface area contributed by atoms with Gasteiger partial charge in [-0.15, -0.1) is 0 Å². The van der Waals surface area contributed by atoms with Gasteiger partial charge in [0, 0.05) is 11.8 Å². The van der Waals surface area contributed by atoms with Gasteiger partial charge in [-0.1, -0.05) is 17.7 Å². The number of carbonyl (C=O) groups is 1. The zero-order valence-electron chi connectivity index (χ0n) is 9.08. The quantitative estimate of drug-likeness (QED) is 0.764. The Morgan fingerprint density at radius 1 is 1.35 bits per heavy atom. The molecule has 0 spiro atoms. The summed E-state index contributed by atoms with van der Waals surface area (Å²) < 4.78 is 13.1. The van der Waals surface area contributed by atoms with Crippen LogP contribution in [0.25, 0.3) is 0 Å². The molecule has 1 aromatic heterocycles. The van der Waals surface area contributed by atoms with Gasteiger partial charge in [-0.3, -0.25) is 9.78 Å². The molecule has 0 saturated heterocycles. The lowest BCUT2D eigenvalue weighted by molar-refractivity contribution is 0.103. The predicted octanol–water partition coefficient (Wildman–Crippen LogP) is 3.41. The van der Waals surface area contributed by atoms with Crippen LogP contribution in [-0.4, -0.2) is 10.8 Å². The molecule has 0 saturated carbocycles. The van der Waals surface area contributed by atoms with Crippen molar-refractivity contribution in [1.82, 2.24) is 4.98 Å². The van der Waals surface area contributed by atoms with E-state index in [9.17, 15) is 9.18 Å². The third kappa shape index (κ3) is 2.34. The lowest BCUT2D eigenvalue weighted by Crippen LogP contribution is -2.07. The van der Waals surface area contributed by atoms with Crippen LogP contribution >= 0.6 is 11.6 Å². The molecule has 0 aliphatic heterocycles. The molecule has 0 fully saturated rings. The van der Waals surface area contributed by atoms with E-state index >= 15 is 0 Å². The van der Waals surface area contributed by atoms with Crippen LogP contribution in [0.1, 0.15) is 21.6 Å². The number of benzene rings is 1. The number of carbonyl (C=O) groups excluding carboxylic acids is 1. The van der Waals surface area contributed by atoms with E-state index in [0.717, 1.165) is 11.6 Å². The van der Waals surface area contributed by atoms with Crippen molar-refractivity contribution in [3.63, 3.8) is 0 Å². The fourth-order valence-corrected chi connectivity index (χ4v) is 1.73. The van der Waals surface area contributed by atoms with Crippen LogP contribution in [0.3, 0.4) is 0 Å². The molecule has 0 bridgehead atoms. The van der Waals surface area contributed by atoms with Crippen LogP contribution in [-0.2, 0) is 0 Å². The number of pyridine rings is 1. The Morgan fingerprint density at radius 2 is 2.12 bits per heavy atom. The highest BCUT2D eigenvalue weighted by molar-refractivity contribution is 6.34. The Balaban J connectivity index is 2.51. The number of ketones is 1. The SMILES string of the molecule is Cc1cccnc1C(=O)c1cc(F)ccc1Cl. The summed E-state index contributed by atoms with van der Waals surface area (Å²) in [6, 6.07) is 7.21. The second kappa shape index (κ2) is 4.63. The van der Waals surface area contributed by atoms with Crippen LogP contribution in [0.5, 0.6) is 0 Å². The third-order valence-electron chi connectivity index (χ3n) is 2.40. The molecule has 0 unspecified atom stereocenters. The minimum atomic E-state index is -0.494. The Labute approximate surface area is 103 Å². The van der Waals surface area contributed by atoms with Gasteiger partial charge in [-0.05, 0) is 36.8 Å². The van der Waals surface area contributed by atoms with E-state index < -0.39 is 5.82 Å². The van der Waals surface area contributed by atoms with Crippen molar-refractivity contribution in [2.24, 2.45) is 0 Å². The molecule has 2 nitrogen and oxygen atoms in total. The molecule has 0 atom stereocenters. The van der Waals surface area contributed by atoms with Gasteiger partial charge >= 0.3 is 0 Å². The van der Waals surface area contributed by atoms with Gasteiger partial charge in [0.05, 0.1) is 5.02 Å². The molecule has 0 radical (unpaired) electrons. The summed E-state index contributed by atoms with van der Waals surface area (Å²) in [5, 5.41) is 0.224. The highest BCUT2D eigenvalue weighted by Gasteiger charge is 2.16. The smallest absolute Gasteiger partial charge is 0.213 e. The average Bonchev–Trinajstić information content (AvgIpc) is 2.32. The largest absolute Gasteiger partial charge is 0.287 e. The Morgan fingerprint density at radius 3 is 2.82 bits per heavy atom. The number of hydrogen-bond acceptors (Lipinski definition) is 2. The van der Waals surface area contributed by atoms with Crippen LogP contribution in [0.2, 0.25) is 5.02 Å². The van der Waals surface area contributed by atoms with Crippen LogP contribution < -0.4 is 0 Å². The zero-order valence-corrected chi connectivity index (χ0v) is 9.83. The number of halogens is 2. The van der Waals surface area contributed by atoms with Crippen LogP contribution in [0, 0.1) is 12.7 Å². The number of nitrogens with zero attached hydrogens (tertiary/aromatic N) is 1. The molecule has 2 rings (SSSR count). The molecule has 86 valence electrons. The van der Waals surface area contributed by atoms with Gasteiger partial charge in [-0.25, -0.2) is 4.39 Å². The zero-order chi connectivity index (χ0) is 12.4. The summed E-state index contributed by atoms with van der Waals surface area (Å²) in [7, 11) is 0. The van der Waals surface area contributed by atoms with Crippen molar-refractivity contribution in [2.45, 2.75) is 6.92 Å². The number of hydrogen-bond donors (Lipinski definition) is 0. The highest BCUT2D eigenvalue weighted by atomic mass is 35.5. The lowest BCUT2D eigenvalue weighted by Gasteiger charge is -2.05. The number of aromatic nitrogens is 1. The van der Waals surface area contributed by atoms with E-state index in [2.05, 4.69) is 4.98 Å². The molecule has 0 aliphatic rings. The molecule has 17 heavy (non-hydrogen) atoms. The van der Waals surface area contributed by atoms with Gasteiger partial charge < -0.3 is 0 Å². The second-order valence-corrected chi connectivity index (χ2v) is 4.03. The third-order valence-corrected chi connectivity index (χ3v) is 2.73. The Kier molecular flexibility index (Phi) is 3.20. The summed E-state index contributed by atoms with van der Waals surface area (Å²) in [6.07, 6.45) is 1.52. The molecular formula is C13H9ClFNO. The molecule has 0 aliphatic carbocycles. The van der Waals surface area contributed by atoms with Crippen molar-refractivity contribution in [1.29, 1.82) is 0 Å². The maximum Gasteiger partial charge on any atom is 0.213 e. The maximum atomic E-state index is 13.1. The Hall–Kier alpha value is -1.74. The first-order chi connectivity index (χ1) is 8.09. The van der Waals surface area contributed by atoms with Crippen molar-refractivity contribution < 1.29 is 9.18 Å². The first-order valence-corrected chi connectivity index (χ1v) is 5.39. The predicted molar refractivity (Wildman–Crippen MR) is 63.8 cm³/mol. The monoisotopic (exact) mass is 249 g/mol. The number of aryl methyl sites for hydroxylation is 1. The van der Waals surface area contributed by atoms with Crippen molar-refractivity contribution in [3.8, 4) is 0 Å². The summed E-state index contributed by atoms with van der Waals surface area (Å²) in [4.78, 5) is 16.1. The topological polar surface area (TPSA) is 30.0 Å². The van der Waals surface area contributed by atoms with Gasteiger partial charge in [0.2, 0.25) is 5.78 Å². The van der Waals surface area contributed by atoms with E-state index in [4.69, 9.17) is 11.6 Å². The van der Waals surface area contributed by atoms with Crippen LogP contribution in [0.15, 0.2) is 36.5 Å². The standard InChI is InChI=1S/C13H9ClFNO/c1-8-3-2-6-16-12(8)13(17)10-7-9(15)4-5-11(10)14/h2-7H,1H3. The van der Waals surface area contributed by atoms with Gasteiger partial charge in [-0.2, -0.15) is 0 Å². The van der Waals surface area contributed by atoms with Crippen molar-refractivity contribution in [2.75, 3.05) is 0 Å². The molecule has 1 aromatic carbocycles. The van der Waals surface area contributed by atoms with E-state index in [1.807, 2.05) is 0 Å². The number of rotatable bonds is 2. The molecule has 0 N–H and O–H groups in total. The van der Waals surface area contributed by atoms with E-state index in [1.165, 1.54) is 18.3 Å². The second-order valence-electron chi connectivity index (χ2n) is 3.62. The van der Waals surface area contributed by atoms with E-state index in [0.29, 0.717) is 5.69 Å². The van der Waals surface area contributed by atoms with Crippen molar-refractivity contribution in [3.05, 3.63) is 64.2 Å². The molecule has 1 heterocycles. The van der Waals surface area contributed by atoms with E-state index in [1.54, 1.807) is 19.1 Å². The highest BCUT2D eigenvalue weighted by Crippen LogP contribution is 2.21. The Bertz CT molecular complexity index is 583. The minimum absolute atomic E-state index is 0.133. The normalized spacial score (nSPS) is 10.3. The summed E-state index contributed by atoms with van der Waals surface area (Å²) in [5.41, 5.74) is 1.16. The fraction of sp³-hybridized carbons (Fsp3) is 0.0769. The molecular weight excluding hydrogens is 241 g/mol. The molecule has 0 amide bonds. The van der Waals surface area contributed by atoms with Crippen molar-refractivity contribution >= 4 is 17.4 Å². The molecule has 2 aromatic rings. The lowest BCUT2D eigenvalue weighted by atomic mass is 10.0. The van der Waals surface area contributed by atoms with E-state index in [-0.39, 0.29) is 16.4 Å². The first kappa shape index (κ1) is 11.7.